The van der Waals surface area contributed by atoms with Gasteiger partial charge in [-0.1, -0.05) is 66.3 Å². The molecule has 0 aliphatic heterocycles. The van der Waals surface area contributed by atoms with Crippen LogP contribution in [0.5, 0.6) is 0 Å². The van der Waals surface area contributed by atoms with Crippen molar-refractivity contribution in [3.8, 4) is 0 Å². The summed E-state index contributed by atoms with van der Waals surface area (Å²) in [5.74, 6) is -1.10. The maximum Gasteiger partial charge on any atom is 0.325 e. The summed E-state index contributed by atoms with van der Waals surface area (Å²) in [6.07, 6.45) is 0. The lowest BCUT2D eigenvalue weighted by Gasteiger charge is -2.20. The van der Waals surface area contributed by atoms with Crippen molar-refractivity contribution < 1.29 is 22.7 Å². The number of sulfonamides is 1. The maximum absolute atomic E-state index is 13.2. The molecule has 0 N–H and O–H groups in total. The van der Waals surface area contributed by atoms with Gasteiger partial charge in [0.25, 0.3) is 5.91 Å². The molecule has 0 spiro atoms. The highest BCUT2D eigenvalue weighted by atomic mass is 35.5. The van der Waals surface area contributed by atoms with Gasteiger partial charge in [0.15, 0.2) is 4.80 Å². The van der Waals surface area contributed by atoms with Crippen molar-refractivity contribution in [3.05, 3.63) is 93.7 Å². The molecule has 0 saturated carbocycles. The topological polar surface area (TPSA) is 98.0 Å². The van der Waals surface area contributed by atoms with Gasteiger partial charge < -0.3 is 9.30 Å². The number of methoxy groups -OCH3 is 1. The predicted molar refractivity (Wildman–Crippen MR) is 143 cm³/mol. The van der Waals surface area contributed by atoms with Crippen LogP contribution < -0.4 is 4.80 Å². The fraction of sp³-hybridized carbons (Fsp3) is 0.192. The average Bonchev–Trinajstić information content (AvgIpc) is 3.25. The van der Waals surface area contributed by atoms with Crippen LogP contribution in [-0.4, -0.2) is 42.8 Å². The van der Waals surface area contributed by atoms with Crippen molar-refractivity contribution in [1.29, 1.82) is 0 Å². The molecule has 0 unspecified atom stereocenters. The van der Waals surface area contributed by atoms with Crippen LogP contribution in [0.2, 0.25) is 5.02 Å². The Balaban J connectivity index is 1.64. The lowest BCUT2D eigenvalue weighted by Crippen LogP contribution is -2.30. The number of halogens is 1. The largest absolute Gasteiger partial charge is 0.468 e. The Hall–Kier alpha value is -3.31. The number of benzene rings is 3. The van der Waals surface area contributed by atoms with Gasteiger partial charge in [0.05, 0.1) is 27.2 Å². The molecular formula is C26H24ClN3O5S2. The van der Waals surface area contributed by atoms with Gasteiger partial charge in [-0.25, -0.2) is 8.42 Å². The number of fused-ring (bicyclic) bond motifs is 1. The Morgan fingerprint density at radius 1 is 1.03 bits per heavy atom. The van der Waals surface area contributed by atoms with E-state index in [0.29, 0.717) is 17.1 Å². The Morgan fingerprint density at radius 3 is 2.38 bits per heavy atom. The summed E-state index contributed by atoms with van der Waals surface area (Å²) in [5.41, 5.74) is 1.66. The molecule has 11 heteroatoms. The van der Waals surface area contributed by atoms with E-state index in [1.807, 2.05) is 36.4 Å². The highest BCUT2D eigenvalue weighted by molar-refractivity contribution is 7.89. The number of para-hydroxylation sites is 1. The molecule has 3 aromatic carbocycles. The Morgan fingerprint density at radius 2 is 1.73 bits per heavy atom. The minimum absolute atomic E-state index is 0.0798. The van der Waals surface area contributed by atoms with Crippen LogP contribution in [0.25, 0.3) is 10.2 Å². The number of rotatable bonds is 8. The molecule has 37 heavy (non-hydrogen) atoms. The second-order valence-electron chi connectivity index (χ2n) is 7.99. The Labute approximate surface area is 223 Å². The normalized spacial score (nSPS) is 12.3. The molecule has 1 aromatic heterocycles. The summed E-state index contributed by atoms with van der Waals surface area (Å²) >= 11 is 7.56. The molecule has 1 heterocycles. The Kier molecular flexibility index (Phi) is 8.23. The number of hydrogen-bond acceptors (Lipinski definition) is 6. The third kappa shape index (κ3) is 5.83. The molecule has 0 aliphatic carbocycles. The summed E-state index contributed by atoms with van der Waals surface area (Å²) in [6, 6.07) is 20.3. The van der Waals surface area contributed by atoms with Crippen LogP contribution in [-0.2, 0) is 32.6 Å². The van der Waals surface area contributed by atoms with Crippen molar-refractivity contribution >= 4 is 55.1 Å². The zero-order chi connectivity index (χ0) is 26.6. The first kappa shape index (κ1) is 26.7. The van der Waals surface area contributed by atoms with Crippen LogP contribution in [0.15, 0.2) is 82.7 Å². The second-order valence-corrected chi connectivity index (χ2v) is 11.3. The van der Waals surface area contributed by atoms with Crippen molar-refractivity contribution in [1.82, 2.24) is 8.87 Å². The molecule has 0 saturated heterocycles. The fourth-order valence-electron chi connectivity index (χ4n) is 3.74. The molecule has 1 amide bonds. The van der Waals surface area contributed by atoms with Crippen LogP contribution in [0, 0.1) is 0 Å². The number of thiazole rings is 1. The van der Waals surface area contributed by atoms with Crippen LogP contribution in [0.3, 0.4) is 0 Å². The SMILES string of the molecule is CCN(Cc1ccccc1)S(=O)(=O)c1ccc(C(=O)N=c2sc3cccc(Cl)c3n2CC(=O)OC)cc1. The van der Waals surface area contributed by atoms with E-state index in [9.17, 15) is 18.0 Å². The van der Waals surface area contributed by atoms with Crippen molar-refractivity contribution in [3.63, 3.8) is 0 Å². The van der Waals surface area contributed by atoms with Gasteiger partial charge >= 0.3 is 5.97 Å². The number of aromatic nitrogens is 1. The summed E-state index contributed by atoms with van der Waals surface area (Å²) in [5, 5.41) is 0.414. The molecular weight excluding hydrogens is 534 g/mol. The van der Waals surface area contributed by atoms with E-state index in [-0.39, 0.29) is 28.3 Å². The minimum atomic E-state index is -3.77. The van der Waals surface area contributed by atoms with E-state index < -0.39 is 21.9 Å². The molecule has 0 atom stereocenters. The number of nitrogens with zero attached hydrogens (tertiary/aromatic N) is 3. The number of carbonyl (C=O) groups excluding carboxylic acids is 2. The van der Waals surface area contributed by atoms with Gasteiger partial charge in [0, 0.05) is 18.7 Å². The number of hydrogen-bond donors (Lipinski definition) is 0. The van der Waals surface area contributed by atoms with Gasteiger partial charge in [0.1, 0.15) is 6.54 Å². The number of carbonyl (C=O) groups is 2. The van der Waals surface area contributed by atoms with Crippen LogP contribution >= 0.6 is 22.9 Å². The standard InChI is InChI=1S/C26H24ClN3O5S2/c1-3-29(16-18-8-5-4-6-9-18)37(33,34)20-14-12-19(13-15-20)25(32)28-26-30(17-23(31)35-2)24-21(27)10-7-11-22(24)36-26/h4-15H,3,16-17H2,1-2H3. The predicted octanol–water partition coefficient (Wildman–Crippen LogP) is 4.48. The van der Waals surface area contributed by atoms with E-state index in [1.165, 1.54) is 51.6 Å². The molecule has 4 aromatic rings. The summed E-state index contributed by atoms with van der Waals surface area (Å²) in [6.45, 7) is 2.14. The molecule has 8 nitrogen and oxygen atoms in total. The number of ether oxygens (including phenoxy) is 1. The summed E-state index contributed by atoms with van der Waals surface area (Å²) in [4.78, 5) is 29.6. The zero-order valence-electron chi connectivity index (χ0n) is 20.1. The first-order valence-electron chi connectivity index (χ1n) is 11.3. The third-order valence-electron chi connectivity index (χ3n) is 5.66. The van der Waals surface area contributed by atoms with E-state index >= 15 is 0 Å². The number of esters is 1. The van der Waals surface area contributed by atoms with E-state index in [2.05, 4.69) is 4.99 Å². The molecule has 4 rings (SSSR count). The van der Waals surface area contributed by atoms with Gasteiger partial charge in [-0.05, 0) is 42.0 Å². The molecule has 0 aliphatic rings. The zero-order valence-corrected chi connectivity index (χ0v) is 22.5. The lowest BCUT2D eigenvalue weighted by atomic mass is 10.2. The highest BCUT2D eigenvalue weighted by Crippen LogP contribution is 2.25. The lowest BCUT2D eigenvalue weighted by molar-refractivity contribution is -0.141. The smallest absolute Gasteiger partial charge is 0.325 e. The summed E-state index contributed by atoms with van der Waals surface area (Å²) in [7, 11) is -2.50. The molecule has 192 valence electrons. The van der Waals surface area contributed by atoms with Crippen LogP contribution in [0.4, 0.5) is 0 Å². The van der Waals surface area contributed by atoms with Gasteiger partial charge in [0.2, 0.25) is 10.0 Å². The fourth-order valence-corrected chi connectivity index (χ4v) is 6.56. The minimum Gasteiger partial charge on any atom is -0.468 e. The molecule has 0 fully saturated rings. The first-order chi connectivity index (χ1) is 17.7. The van der Waals surface area contributed by atoms with E-state index in [1.54, 1.807) is 19.1 Å². The van der Waals surface area contributed by atoms with E-state index in [4.69, 9.17) is 16.3 Å². The molecule has 0 radical (unpaired) electrons. The first-order valence-corrected chi connectivity index (χ1v) is 14.0. The highest BCUT2D eigenvalue weighted by Gasteiger charge is 2.23. The molecule has 0 bridgehead atoms. The van der Waals surface area contributed by atoms with E-state index in [0.717, 1.165) is 10.3 Å². The maximum atomic E-state index is 13.2. The second kappa shape index (κ2) is 11.4. The van der Waals surface area contributed by atoms with Crippen molar-refractivity contribution in [2.45, 2.75) is 24.9 Å². The van der Waals surface area contributed by atoms with Gasteiger partial charge in [-0.2, -0.15) is 9.30 Å². The quantitative estimate of drug-likeness (QED) is 0.297. The third-order valence-corrected chi connectivity index (χ3v) is 8.94. The van der Waals surface area contributed by atoms with Gasteiger partial charge in [-0.15, -0.1) is 0 Å². The Bertz CT molecular complexity index is 1610. The van der Waals surface area contributed by atoms with Crippen LogP contribution in [0.1, 0.15) is 22.8 Å². The summed E-state index contributed by atoms with van der Waals surface area (Å²) < 4.78 is 34.9. The monoisotopic (exact) mass is 557 g/mol. The van der Waals surface area contributed by atoms with Crippen molar-refractivity contribution in [2.75, 3.05) is 13.7 Å². The van der Waals surface area contributed by atoms with Crippen molar-refractivity contribution in [2.24, 2.45) is 4.99 Å². The van der Waals surface area contributed by atoms with Gasteiger partial charge in [-0.3, -0.25) is 9.59 Å². The average molecular weight is 558 g/mol. The number of amides is 1.